The summed E-state index contributed by atoms with van der Waals surface area (Å²) in [5.74, 6) is 0.832. The molecule has 1 aromatic carbocycles. The second kappa shape index (κ2) is 10.4. The van der Waals surface area contributed by atoms with Crippen LogP contribution in [0.4, 0.5) is 11.5 Å². The summed E-state index contributed by atoms with van der Waals surface area (Å²) >= 11 is 0. The van der Waals surface area contributed by atoms with Crippen molar-refractivity contribution in [1.29, 1.82) is 0 Å². The smallest absolute Gasteiger partial charge is 0.305 e. The van der Waals surface area contributed by atoms with Gasteiger partial charge in [-0.25, -0.2) is 4.98 Å². The van der Waals surface area contributed by atoms with E-state index in [0.717, 1.165) is 49.1 Å². The summed E-state index contributed by atoms with van der Waals surface area (Å²) in [6.45, 7) is 3.15. The molecule has 0 radical (unpaired) electrons. The predicted octanol–water partition coefficient (Wildman–Crippen LogP) is 5.28. The Hall–Kier alpha value is -2.95. The Morgan fingerprint density at radius 1 is 1.00 bits per heavy atom. The van der Waals surface area contributed by atoms with Crippen LogP contribution in [0, 0.1) is 0 Å². The van der Waals surface area contributed by atoms with Crippen molar-refractivity contribution in [2.24, 2.45) is 0 Å². The molecule has 0 unspecified atom stereocenters. The highest BCUT2D eigenvalue weighted by atomic mass is 16.5. The summed E-state index contributed by atoms with van der Waals surface area (Å²) in [6, 6.07) is 14.4. The molecule has 146 valence electrons. The first-order valence-corrected chi connectivity index (χ1v) is 9.96. The highest BCUT2D eigenvalue weighted by molar-refractivity contribution is 5.84. The molecule has 2 heterocycles. The van der Waals surface area contributed by atoms with Crippen LogP contribution in [0.3, 0.4) is 0 Å². The molecule has 3 aromatic rings. The zero-order valence-electron chi connectivity index (χ0n) is 16.4. The maximum atomic E-state index is 11.4. The number of hydrogen-bond donors (Lipinski definition) is 0. The minimum Gasteiger partial charge on any atom is -0.466 e. The lowest BCUT2D eigenvalue weighted by Crippen LogP contribution is -2.19. The fraction of sp³-hybridized carbons (Fsp3) is 0.348. The third-order valence-corrected chi connectivity index (χ3v) is 4.67. The molecule has 0 atom stereocenters. The molecule has 2 aromatic heterocycles. The van der Waals surface area contributed by atoms with Crippen molar-refractivity contribution < 1.29 is 9.53 Å². The molecule has 5 heteroatoms. The van der Waals surface area contributed by atoms with E-state index in [9.17, 15) is 4.79 Å². The number of anilines is 2. The highest BCUT2D eigenvalue weighted by Crippen LogP contribution is 2.26. The fourth-order valence-corrected chi connectivity index (χ4v) is 3.23. The first-order valence-electron chi connectivity index (χ1n) is 9.96. The maximum Gasteiger partial charge on any atom is 0.305 e. The molecule has 0 fully saturated rings. The summed E-state index contributed by atoms with van der Waals surface area (Å²) in [5.41, 5.74) is 1.04. The van der Waals surface area contributed by atoms with Gasteiger partial charge in [-0.3, -0.25) is 9.78 Å². The summed E-state index contributed by atoms with van der Waals surface area (Å²) in [6.07, 6.45) is 10.1. The number of ether oxygens (including phenoxy) is 1. The van der Waals surface area contributed by atoms with E-state index in [1.54, 1.807) is 6.20 Å². The minimum absolute atomic E-state index is 0.0974. The third kappa shape index (κ3) is 5.52. The number of fused-ring (bicyclic) bond motifs is 1. The maximum absolute atomic E-state index is 11.4. The molecule has 3 rings (SSSR count). The number of carbonyl (C=O) groups excluding carboxylic acids is 1. The molecule has 0 saturated carbocycles. The Balaban J connectivity index is 1.62. The van der Waals surface area contributed by atoms with Gasteiger partial charge < -0.3 is 9.64 Å². The van der Waals surface area contributed by atoms with Crippen molar-refractivity contribution in [3.63, 3.8) is 0 Å². The van der Waals surface area contributed by atoms with Crippen LogP contribution in [-0.2, 0) is 9.53 Å². The summed E-state index contributed by atoms with van der Waals surface area (Å²) in [7, 11) is 0. The minimum atomic E-state index is -0.0974. The van der Waals surface area contributed by atoms with E-state index in [4.69, 9.17) is 4.74 Å². The SMILES string of the molecule is CCOC(=O)CCCCCCN(c1cccnc1)c1cc2ccccc2cn1. The monoisotopic (exact) mass is 377 g/mol. The predicted molar refractivity (Wildman–Crippen MR) is 113 cm³/mol. The Morgan fingerprint density at radius 2 is 1.82 bits per heavy atom. The zero-order valence-corrected chi connectivity index (χ0v) is 16.4. The quantitative estimate of drug-likeness (QED) is 0.355. The van der Waals surface area contributed by atoms with Crippen LogP contribution in [0.2, 0.25) is 0 Å². The van der Waals surface area contributed by atoms with E-state index in [2.05, 4.69) is 39.1 Å². The van der Waals surface area contributed by atoms with Crippen LogP contribution >= 0.6 is 0 Å². The summed E-state index contributed by atoms with van der Waals surface area (Å²) < 4.78 is 4.98. The highest BCUT2D eigenvalue weighted by Gasteiger charge is 2.11. The van der Waals surface area contributed by atoms with Crippen LogP contribution in [0.15, 0.2) is 61.1 Å². The first-order chi connectivity index (χ1) is 13.8. The molecular formula is C23H27N3O2. The number of esters is 1. The van der Waals surface area contributed by atoms with Crippen LogP contribution in [-0.4, -0.2) is 29.1 Å². The molecule has 0 N–H and O–H groups in total. The van der Waals surface area contributed by atoms with Gasteiger partial charge in [0.2, 0.25) is 0 Å². The number of unbranched alkanes of at least 4 members (excludes halogenated alkanes) is 3. The molecular weight excluding hydrogens is 350 g/mol. The van der Waals surface area contributed by atoms with E-state index < -0.39 is 0 Å². The summed E-state index contributed by atoms with van der Waals surface area (Å²) in [4.78, 5) is 22.6. The molecule has 0 saturated heterocycles. The largest absolute Gasteiger partial charge is 0.466 e. The van der Waals surface area contributed by atoms with Gasteiger partial charge >= 0.3 is 5.97 Å². The average Bonchev–Trinajstić information content (AvgIpc) is 2.74. The van der Waals surface area contributed by atoms with Crippen molar-refractivity contribution >= 4 is 28.2 Å². The van der Waals surface area contributed by atoms with Gasteiger partial charge in [0.05, 0.1) is 18.5 Å². The zero-order chi connectivity index (χ0) is 19.6. The molecule has 0 spiro atoms. The second-order valence-electron chi connectivity index (χ2n) is 6.72. The van der Waals surface area contributed by atoms with E-state index >= 15 is 0 Å². The van der Waals surface area contributed by atoms with Gasteiger partial charge in [0.25, 0.3) is 0 Å². The number of pyridine rings is 2. The molecule has 0 aliphatic rings. The lowest BCUT2D eigenvalue weighted by atomic mass is 10.1. The molecule has 0 amide bonds. The van der Waals surface area contributed by atoms with Crippen LogP contribution in [0.25, 0.3) is 10.8 Å². The Labute approximate surface area is 166 Å². The van der Waals surface area contributed by atoms with Crippen LogP contribution < -0.4 is 4.90 Å². The number of aromatic nitrogens is 2. The van der Waals surface area contributed by atoms with Crippen molar-refractivity contribution in [1.82, 2.24) is 9.97 Å². The normalized spacial score (nSPS) is 10.8. The average molecular weight is 377 g/mol. The van der Waals surface area contributed by atoms with E-state index in [1.807, 2.05) is 37.5 Å². The standard InChI is InChI=1S/C23H27N3O2/c1-2-28-23(27)13-5-3-4-8-15-26(21-12-9-14-24-18-21)22-16-19-10-6-7-11-20(19)17-25-22/h6-7,9-12,14,16-18H,2-5,8,13,15H2,1H3. The van der Waals surface area contributed by atoms with Gasteiger partial charge in [-0.05, 0) is 43.4 Å². The molecule has 5 nitrogen and oxygen atoms in total. The van der Waals surface area contributed by atoms with Gasteiger partial charge in [0, 0.05) is 30.7 Å². The van der Waals surface area contributed by atoms with Gasteiger partial charge in [-0.1, -0.05) is 37.1 Å². The number of rotatable bonds is 10. The molecule has 0 bridgehead atoms. The lowest BCUT2D eigenvalue weighted by molar-refractivity contribution is -0.143. The van der Waals surface area contributed by atoms with Gasteiger partial charge in [-0.15, -0.1) is 0 Å². The van der Waals surface area contributed by atoms with E-state index in [0.29, 0.717) is 13.0 Å². The van der Waals surface area contributed by atoms with Gasteiger partial charge in [0.15, 0.2) is 0 Å². The van der Waals surface area contributed by atoms with E-state index in [1.165, 1.54) is 5.39 Å². The van der Waals surface area contributed by atoms with Crippen LogP contribution in [0.5, 0.6) is 0 Å². The Bertz CT molecular complexity index is 883. The van der Waals surface area contributed by atoms with Crippen molar-refractivity contribution in [2.45, 2.75) is 39.0 Å². The first kappa shape index (κ1) is 19.8. The Kier molecular flexibility index (Phi) is 7.36. The van der Waals surface area contributed by atoms with E-state index in [-0.39, 0.29) is 5.97 Å². The number of benzene rings is 1. The van der Waals surface area contributed by atoms with Crippen LogP contribution in [0.1, 0.15) is 39.0 Å². The Morgan fingerprint density at radius 3 is 2.61 bits per heavy atom. The molecule has 0 aliphatic carbocycles. The van der Waals surface area contributed by atoms with Crippen molar-refractivity contribution in [3.05, 3.63) is 61.1 Å². The fourth-order valence-electron chi connectivity index (χ4n) is 3.23. The molecule has 0 aliphatic heterocycles. The van der Waals surface area contributed by atoms with Gasteiger partial charge in [0.1, 0.15) is 5.82 Å². The topological polar surface area (TPSA) is 55.3 Å². The summed E-state index contributed by atoms with van der Waals surface area (Å²) in [5, 5.41) is 2.31. The number of carbonyl (C=O) groups is 1. The molecule has 28 heavy (non-hydrogen) atoms. The third-order valence-electron chi connectivity index (χ3n) is 4.67. The van der Waals surface area contributed by atoms with Crippen molar-refractivity contribution in [2.75, 3.05) is 18.1 Å². The van der Waals surface area contributed by atoms with Gasteiger partial charge in [-0.2, -0.15) is 0 Å². The number of hydrogen-bond acceptors (Lipinski definition) is 5. The number of nitrogens with zero attached hydrogens (tertiary/aromatic N) is 3. The second-order valence-corrected chi connectivity index (χ2v) is 6.72. The lowest BCUT2D eigenvalue weighted by Gasteiger charge is -2.24. The van der Waals surface area contributed by atoms with Crippen molar-refractivity contribution in [3.8, 4) is 0 Å².